The van der Waals surface area contributed by atoms with Crippen molar-refractivity contribution < 1.29 is 4.79 Å². The molecule has 1 aliphatic rings. The summed E-state index contributed by atoms with van der Waals surface area (Å²) >= 11 is 8.28. The van der Waals surface area contributed by atoms with Crippen molar-refractivity contribution in [3.63, 3.8) is 0 Å². The minimum Gasteiger partial charge on any atom is -0.398 e. The highest BCUT2D eigenvalue weighted by atomic mass is 79.9. The Morgan fingerprint density at radius 1 is 1.35 bits per heavy atom. The van der Waals surface area contributed by atoms with E-state index in [1.54, 1.807) is 0 Å². The van der Waals surface area contributed by atoms with E-state index in [1.807, 2.05) is 24.0 Å². The molecule has 0 bridgehead atoms. The molecule has 0 unspecified atom stereocenters. The molecular weight excluding hydrogens is 404 g/mol. The third-order valence-corrected chi connectivity index (χ3v) is 6.71. The molecule has 0 atom stereocenters. The molecule has 3 rings (SSSR count). The molecule has 6 heteroatoms. The zero-order chi connectivity index (χ0) is 14.4. The van der Waals surface area contributed by atoms with Gasteiger partial charge in [-0.1, -0.05) is 6.07 Å². The molecule has 104 valence electrons. The summed E-state index contributed by atoms with van der Waals surface area (Å²) in [7, 11) is 0. The monoisotopic (exact) mass is 414 g/mol. The van der Waals surface area contributed by atoms with E-state index < -0.39 is 0 Å². The largest absolute Gasteiger partial charge is 0.398 e. The number of halogens is 2. The molecule has 0 spiro atoms. The van der Waals surface area contributed by atoms with Gasteiger partial charge in [-0.15, -0.1) is 11.3 Å². The molecule has 3 nitrogen and oxygen atoms in total. The Balaban J connectivity index is 1.98. The van der Waals surface area contributed by atoms with Gasteiger partial charge in [-0.25, -0.2) is 0 Å². The van der Waals surface area contributed by atoms with Crippen LogP contribution in [0, 0.1) is 6.92 Å². The smallest absolute Gasteiger partial charge is 0.268 e. The van der Waals surface area contributed by atoms with Crippen LogP contribution in [-0.2, 0) is 6.42 Å². The third kappa shape index (κ3) is 2.29. The van der Waals surface area contributed by atoms with Crippen LogP contribution >= 0.6 is 43.2 Å². The number of hydrogen-bond donors (Lipinski definition) is 1. The van der Waals surface area contributed by atoms with Crippen molar-refractivity contribution in [2.24, 2.45) is 0 Å². The number of carbonyl (C=O) groups excluding carboxylic acids is 1. The quantitative estimate of drug-likeness (QED) is 0.703. The van der Waals surface area contributed by atoms with Gasteiger partial charge in [0.15, 0.2) is 0 Å². The molecule has 2 N–H and O–H groups in total. The first kappa shape index (κ1) is 14.1. The number of hydrogen-bond acceptors (Lipinski definition) is 3. The summed E-state index contributed by atoms with van der Waals surface area (Å²) in [6.45, 7) is 2.71. The molecule has 1 amide bonds. The van der Waals surface area contributed by atoms with Crippen molar-refractivity contribution >= 4 is 60.5 Å². The average molecular weight is 416 g/mol. The summed E-state index contributed by atoms with van der Waals surface area (Å²) < 4.78 is 1.84. The lowest BCUT2D eigenvalue weighted by atomic mass is 10.1. The van der Waals surface area contributed by atoms with Crippen molar-refractivity contribution in [3.05, 3.63) is 42.5 Å². The summed E-state index contributed by atoms with van der Waals surface area (Å²) in [6, 6.07) is 5.85. The van der Waals surface area contributed by atoms with Crippen LogP contribution in [0.3, 0.4) is 0 Å². The predicted octanol–water partition coefficient (Wildman–Crippen LogP) is 4.37. The highest BCUT2D eigenvalue weighted by molar-refractivity contribution is 9.13. The number of nitrogens with zero attached hydrogens (tertiary/aromatic N) is 1. The molecule has 1 aromatic carbocycles. The Bertz CT molecular complexity index is 692. The number of thiophene rings is 1. The van der Waals surface area contributed by atoms with Crippen LogP contribution in [0.25, 0.3) is 0 Å². The lowest BCUT2D eigenvalue weighted by molar-refractivity contribution is 0.0993. The molecule has 1 aromatic heterocycles. The van der Waals surface area contributed by atoms with E-state index in [1.165, 1.54) is 16.9 Å². The fourth-order valence-corrected chi connectivity index (χ4v) is 4.36. The van der Waals surface area contributed by atoms with Crippen LogP contribution in [0.4, 0.5) is 11.4 Å². The molecule has 0 fully saturated rings. The number of benzene rings is 1. The van der Waals surface area contributed by atoms with Crippen LogP contribution in [0.15, 0.2) is 26.5 Å². The van der Waals surface area contributed by atoms with Gasteiger partial charge in [0.25, 0.3) is 5.91 Å². The normalized spacial score (nSPS) is 13.7. The second-order valence-corrected chi connectivity index (χ2v) is 8.00. The number of nitrogen functional groups attached to an aromatic ring is 1. The van der Waals surface area contributed by atoms with Crippen molar-refractivity contribution in [3.8, 4) is 0 Å². The van der Waals surface area contributed by atoms with E-state index in [0.717, 1.165) is 36.5 Å². The van der Waals surface area contributed by atoms with E-state index in [4.69, 9.17) is 5.73 Å². The molecule has 1 aliphatic heterocycles. The Morgan fingerprint density at radius 2 is 2.10 bits per heavy atom. The standard InChI is InChI=1S/C14H12Br2N2OS/c1-7-4-8-2-3-18(11(8)6-10(7)17)14(19)12-5-9(15)13(16)20-12/h4-6H,2-3,17H2,1H3. The summed E-state index contributed by atoms with van der Waals surface area (Å²) in [6.07, 6.45) is 0.885. The van der Waals surface area contributed by atoms with Crippen LogP contribution in [0.1, 0.15) is 20.8 Å². The van der Waals surface area contributed by atoms with Crippen molar-refractivity contribution in [1.82, 2.24) is 0 Å². The highest BCUT2D eigenvalue weighted by Crippen LogP contribution is 2.37. The van der Waals surface area contributed by atoms with E-state index >= 15 is 0 Å². The van der Waals surface area contributed by atoms with Gasteiger partial charge in [0.05, 0.1) is 8.66 Å². The molecule has 20 heavy (non-hydrogen) atoms. The maximum atomic E-state index is 12.6. The summed E-state index contributed by atoms with van der Waals surface area (Å²) in [4.78, 5) is 15.2. The number of fused-ring (bicyclic) bond motifs is 1. The summed E-state index contributed by atoms with van der Waals surface area (Å²) in [5.41, 5.74) is 9.91. The Hall–Kier alpha value is -0.850. The number of amides is 1. The Labute approximate surface area is 138 Å². The van der Waals surface area contributed by atoms with Crippen LogP contribution in [0.2, 0.25) is 0 Å². The Morgan fingerprint density at radius 3 is 2.75 bits per heavy atom. The minimum absolute atomic E-state index is 0.0309. The van der Waals surface area contributed by atoms with Gasteiger partial charge in [-0.05, 0) is 68.5 Å². The van der Waals surface area contributed by atoms with Crippen LogP contribution < -0.4 is 10.6 Å². The van der Waals surface area contributed by atoms with E-state index in [0.29, 0.717) is 6.54 Å². The molecular formula is C14H12Br2N2OS. The maximum Gasteiger partial charge on any atom is 0.268 e. The van der Waals surface area contributed by atoms with Crippen LogP contribution in [-0.4, -0.2) is 12.5 Å². The number of nitrogens with two attached hydrogens (primary N) is 1. The number of carbonyl (C=O) groups is 1. The van der Waals surface area contributed by atoms with E-state index in [9.17, 15) is 4.79 Å². The third-order valence-electron chi connectivity index (χ3n) is 3.46. The molecule has 0 saturated heterocycles. The number of aryl methyl sites for hydroxylation is 1. The maximum absolute atomic E-state index is 12.6. The average Bonchev–Trinajstić information content (AvgIpc) is 2.94. The second-order valence-electron chi connectivity index (χ2n) is 4.78. The van der Waals surface area contributed by atoms with Gasteiger partial charge in [-0.2, -0.15) is 0 Å². The lowest BCUT2D eigenvalue weighted by Crippen LogP contribution is -2.28. The highest BCUT2D eigenvalue weighted by Gasteiger charge is 2.27. The first-order valence-corrected chi connectivity index (χ1v) is 8.53. The van der Waals surface area contributed by atoms with Crippen molar-refractivity contribution in [2.45, 2.75) is 13.3 Å². The number of rotatable bonds is 1. The van der Waals surface area contributed by atoms with Crippen LogP contribution in [0.5, 0.6) is 0 Å². The van der Waals surface area contributed by atoms with Gasteiger partial charge in [0, 0.05) is 22.4 Å². The van der Waals surface area contributed by atoms with Gasteiger partial charge in [-0.3, -0.25) is 4.79 Å². The van der Waals surface area contributed by atoms with E-state index in [-0.39, 0.29) is 5.91 Å². The first-order valence-electron chi connectivity index (χ1n) is 6.13. The van der Waals surface area contributed by atoms with Crippen molar-refractivity contribution in [2.75, 3.05) is 17.2 Å². The SMILES string of the molecule is Cc1cc2c(cc1N)N(C(=O)c1cc(Br)c(Br)s1)CC2. The van der Waals surface area contributed by atoms with Gasteiger partial charge in [0.2, 0.25) is 0 Å². The molecule has 2 aromatic rings. The Kier molecular flexibility index (Phi) is 3.64. The lowest BCUT2D eigenvalue weighted by Gasteiger charge is -2.17. The molecule has 0 aliphatic carbocycles. The fraction of sp³-hybridized carbons (Fsp3) is 0.214. The second kappa shape index (κ2) is 5.16. The summed E-state index contributed by atoms with van der Waals surface area (Å²) in [5.74, 6) is 0.0309. The summed E-state index contributed by atoms with van der Waals surface area (Å²) in [5, 5.41) is 0. The zero-order valence-corrected chi connectivity index (χ0v) is 14.7. The van der Waals surface area contributed by atoms with Gasteiger partial charge < -0.3 is 10.6 Å². The predicted molar refractivity (Wildman–Crippen MR) is 90.7 cm³/mol. The van der Waals surface area contributed by atoms with E-state index in [2.05, 4.69) is 37.9 Å². The zero-order valence-electron chi connectivity index (χ0n) is 10.7. The topological polar surface area (TPSA) is 46.3 Å². The fourth-order valence-electron chi connectivity index (χ4n) is 2.37. The molecule has 0 radical (unpaired) electrons. The number of anilines is 2. The molecule has 2 heterocycles. The molecule has 0 saturated carbocycles. The van der Waals surface area contributed by atoms with Gasteiger partial charge >= 0.3 is 0 Å². The van der Waals surface area contributed by atoms with Crippen molar-refractivity contribution in [1.29, 1.82) is 0 Å². The first-order chi connectivity index (χ1) is 9.47. The van der Waals surface area contributed by atoms with Gasteiger partial charge in [0.1, 0.15) is 0 Å². The minimum atomic E-state index is 0.0309.